The van der Waals surface area contributed by atoms with Crippen LogP contribution in [0, 0.1) is 13.8 Å². The predicted octanol–water partition coefficient (Wildman–Crippen LogP) is 0.728. The van der Waals surface area contributed by atoms with Crippen molar-refractivity contribution >= 4 is 5.65 Å². The van der Waals surface area contributed by atoms with E-state index in [-0.39, 0.29) is 12.6 Å². The SMILES string of the molecule is Cc1cc2nc(C(N)CCO)cn2c(C)n1. The van der Waals surface area contributed by atoms with E-state index in [0.29, 0.717) is 6.42 Å². The standard InChI is InChI=1S/C11H16N4O/c1-7-5-11-14-10(9(12)3-4-16)6-15(11)8(2)13-7/h5-6,9,16H,3-4,12H2,1-2H3. The van der Waals surface area contributed by atoms with Crippen LogP contribution in [0.4, 0.5) is 0 Å². The molecule has 2 aromatic rings. The van der Waals surface area contributed by atoms with E-state index in [1.807, 2.05) is 30.5 Å². The molecule has 1 atom stereocenters. The molecule has 1 unspecified atom stereocenters. The first-order chi connectivity index (χ1) is 7.61. The molecular formula is C11H16N4O. The first kappa shape index (κ1) is 11.0. The molecule has 0 fully saturated rings. The lowest BCUT2D eigenvalue weighted by atomic mass is 10.2. The van der Waals surface area contributed by atoms with Crippen LogP contribution >= 0.6 is 0 Å². The van der Waals surface area contributed by atoms with E-state index in [9.17, 15) is 0 Å². The number of fused-ring (bicyclic) bond motifs is 1. The minimum Gasteiger partial charge on any atom is -0.396 e. The third kappa shape index (κ3) is 1.91. The summed E-state index contributed by atoms with van der Waals surface area (Å²) < 4.78 is 1.92. The Morgan fingerprint density at radius 1 is 1.44 bits per heavy atom. The minimum absolute atomic E-state index is 0.0747. The summed E-state index contributed by atoms with van der Waals surface area (Å²) in [7, 11) is 0. The zero-order valence-electron chi connectivity index (χ0n) is 9.51. The molecule has 0 saturated heterocycles. The monoisotopic (exact) mass is 220 g/mol. The Kier molecular flexibility index (Phi) is 2.89. The van der Waals surface area contributed by atoms with E-state index < -0.39 is 0 Å². The predicted molar refractivity (Wildman–Crippen MR) is 61.1 cm³/mol. The van der Waals surface area contributed by atoms with Crippen molar-refractivity contribution in [1.82, 2.24) is 14.4 Å². The maximum absolute atomic E-state index is 8.84. The lowest BCUT2D eigenvalue weighted by molar-refractivity contribution is 0.276. The van der Waals surface area contributed by atoms with Crippen LogP contribution in [0.5, 0.6) is 0 Å². The normalized spacial score (nSPS) is 13.2. The molecule has 86 valence electrons. The summed E-state index contributed by atoms with van der Waals surface area (Å²) in [6.45, 7) is 3.95. The van der Waals surface area contributed by atoms with Gasteiger partial charge in [-0.25, -0.2) is 9.97 Å². The highest BCUT2D eigenvalue weighted by molar-refractivity contribution is 5.42. The van der Waals surface area contributed by atoms with E-state index in [0.717, 1.165) is 22.9 Å². The average Bonchev–Trinajstić information content (AvgIpc) is 2.62. The topological polar surface area (TPSA) is 76.4 Å². The molecular weight excluding hydrogens is 204 g/mol. The van der Waals surface area contributed by atoms with Crippen molar-refractivity contribution in [2.75, 3.05) is 6.61 Å². The van der Waals surface area contributed by atoms with Gasteiger partial charge in [0.15, 0.2) is 0 Å². The van der Waals surface area contributed by atoms with Crippen molar-refractivity contribution in [1.29, 1.82) is 0 Å². The van der Waals surface area contributed by atoms with Crippen LogP contribution in [0.2, 0.25) is 0 Å². The Labute approximate surface area is 93.9 Å². The van der Waals surface area contributed by atoms with Crippen molar-refractivity contribution in [3.63, 3.8) is 0 Å². The molecule has 0 saturated carbocycles. The Hall–Kier alpha value is -1.46. The van der Waals surface area contributed by atoms with Gasteiger partial charge in [-0.1, -0.05) is 0 Å². The number of imidazole rings is 1. The molecule has 2 aromatic heterocycles. The summed E-state index contributed by atoms with van der Waals surface area (Å²) in [4.78, 5) is 8.79. The number of aliphatic hydroxyl groups is 1. The van der Waals surface area contributed by atoms with Gasteiger partial charge in [-0.05, 0) is 20.3 Å². The van der Waals surface area contributed by atoms with E-state index in [1.54, 1.807) is 0 Å². The van der Waals surface area contributed by atoms with Crippen LogP contribution in [-0.4, -0.2) is 26.1 Å². The Balaban J connectivity index is 2.47. The number of aromatic nitrogens is 3. The zero-order valence-corrected chi connectivity index (χ0v) is 9.51. The third-order valence-corrected chi connectivity index (χ3v) is 2.60. The molecule has 0 aromatic carbocycles. The summed E-state index contributed by atoms with van der Waals surface area (Å²) >= 11 is 0. The molecule has 2 rings (SSSR count). The van der Waals surface area contributed by atoms with Crippen LogP contribution in [0.1, 0.15) is 29.7 Å². The summed E-state index contributed by atoms with van der Waals surface area (Å²) in [6.07, 6.45) is 2.41. The number of aryl methyl sites for hydroxylation is 2. The van der Waals surface area contributed by atoms with Gasteiger partial charge < -0.3 is 10.8 Å². The lowest BCUT2D eigenvalue weighted by Crippen LogP contribution is -2.12. The minimum atomic E-state index is -0.218. The molecule has 0 aliphatic carbocycles. The Bertz CT molecular complexity index is 506. The fourth-order valence-corrected chi connectivity index (χ4v) is 1.77. The summed E-state index contributed by atoms with van der Waals surface area (Å²) in [5.41, 5.74) is 8.49. The number of aliphatic hydroxyl groups excluding tert-OH is 1. The van der Waals surface area contributed by atoms with Gasteiger partial charge in [0.1, 0.15) is 11.5 Å². The zero-order chi connectivity index (χ0) is 11.7. The smallest absolute Gasteiger partial charge is 0.140 e. The molecule has 0 amide bonds. The second-order valence-corrected chi connectivity index (χ2v) is 3.96. The number of hydrogen-bond acceptors (Lipinski definition) is 4. The van der Waals surface area contributed by atoms with Gasteiger partial charge >= 0.3 is 0 Å². The first-order valence-corrected chi connectivity index (χ1v) is 5.31. The van der Waals surface area contributed by atoms with Gasteiger partial charge in [0.25, 0.3) is 0 Å². The molecule has 2 heterocycles. The number of nitrogens with zero attached hydrogens (tertiary/aromatic N) is 3. The molecule has 0 radical (unpaired) electrons. The second kappa shape index (κ2) is 4.19. The average molecular weight is 220 g/mol. The van der Waals surface area contributed by atoms with Gasteiger partial charge in [-0.3, -0.25) is 4.40 Å². The molecule has 16 heavy (non-hydrogen) atoms. The van der Waals surface area contributed by atoms with Crippen molar-refractivity contribution < 1.29 is 5.11 Å². The quantitative estimate of drug-likeness (QED) is 0.799. The van der Waals surface area contributed by atoms with Crippen molar-refractivity contribution in [2.24, 2.45) is 5.73 Å². The molecule has 3 N–H and O–H groups in total. The Morgan fingerprint density at radius 3 is 2.88 bits per heavy atom. The van der Waals surface area contributed by atoms with Crippen LogP contribution in [-0.2, 0) is 0 Å². The maximum atomic E-state index is 8.84. The van der Waals surface area contributed by atoms with Gasteiger partial charge in [-0.15, -0.1) is 0 Å². The summed E-state index contributed by atoms with van der Waals surface area (Å²) in [5, 5.41) is 8.84. The van der Waals surface area contributed by atoms with E-state index in [1.165, 1.54) is 0 Å². The lowest BCUT2D eigenvalue weighted by Gasteiger charge is -2.04. The third-order valence-electron chi connectivity index (χ3n) is 2.60. The molecule has 0 aliphatic rings. The van der Waals surface area contributed by atoms with Crippen molar-refractivity contribution in [2.45, 2.75) is 26.3 Å². The van der Waals surface area contributed by atoms with Crippen LogP contribution < -0.4 is 5.73 Å². The number of hydrogen-bond donors (Lipinski definition) is 2. The summed E-state index contributed by atoms with van der Waals surface area (Å²) in [6, 6.07) is 1.70. The van der Waals surface area contributed by atoms with Gasteiger partial charge in [0.2, 0.25) is 0 Å². The van der Waals surface area contributed by atoms with Crippen molar-refractivity contribution in [3.05, 3.63) is 29.5 Å². The Morgan fingerprint density at radius 2 is 2.19 bits per heavy atom. The molecule has 0 spiro atoms. The van der Waals surface area contributed by atoms with Gasteiger partial charge in [-0.2, -0.15) is 0 Å². The number of nitrogens with two attached hydrogens (primary N) is 1. The van der Waals surface area contributed by atoms with E-state index in [2.05, 4.69) is 9.97 Å². The molecule has 0 bridgehead atoms. The van der Waals surface area contributed by atoms with E-state index >= 15 is 0 Å². The van der Waals surface area contributed by atoms with E-state index in [4.69, 9.17) is 10.8 Å². The highest BCUT2D eigenvalue weighted by Gasteiger charge is 2.11. The summed E-state index contributed by atoms with van der Waals surface area (Å²) in [5.74, 6) is 0.893. The first-order valence-electron chi connectivity index (χ1n) is 5.31. The highest BCUT2D eigenvalue weighted by Crippen LogP contribution is 2.15. The fraction of sp³-hybridized carbons (Fsp3) is 0.455. The molecule has 0 aliphatic heterocycles. The largest absolute Gasteiger partial charge is 0.396 e. The maximum Gasteiger partial charge on any atom is 0.140 e. The number of rotatable bonds is 3. The molecule has 5 heteroatoms. The highest BCUT2D eigenvalue weighted by atomic mass is 16.3. The molecule has 5 nitrogen and oxygen atoms in total. The van der Waals surface area contributed by atoms with Crippen LogP contribution in [0.3, 0.4) is 0 Å². The van der Waals surface area contributed by atoms with Gasteiger partial charge in [0, 0.05) is 24.6 Å². The second-order valence-electron chi connectivity index (χ2n) is 3.96. The van der Waals surface area contributed by atoms with Gasteiger partial charge in [0.05, 0.1) is 11.7 Å². The van der Waals surface area contributed by atoms with Crippen LogP contribution in [0.25, 0.3) is 5.65 Å². The van der Waals surface area contributed by atoms with Crippen molar-refractivity contribution in [3.8, 4) is 0 Å². The fourth-order valence-electron chi connectivity index (χ4n) is 1.77. The van der Waals surface area contributed by atoms with Crippen LogP contribution in [0.15, 0.2) is 12.3 Å².